The fourth-order valence-electron chi connectivity index (χ4n) is 2.35. The Hall–Kier alpha value is -2.45. The first kappa shape index (κ1) is 17.4. The highest BCUT2D eigenvalue weighted by Crippen LogP contribution is 2.30. The van der Waals surface area contributed by atoms with Gasteiger partial charge in [0.05, 0.1) is 11.7 Å². The normalized spacial score (nSPS) is 13.0. The summed E-state index contributed by atoms with van der Waals surface area (Å²) in [4.78, 5) is 15.2. The van der Waals surface area contributed by atoms with Crippen molar-refractivity contribution in [3.8, 4) is 0 Å². The van der Waals surface area contributed by atoms with Crippen LogP contribution in [0.1, 0.15) is 27.7 Å². The first-order valence-electron chi connectivity index (χ1n) is 7.32. The molecule has 0 unspecified atom stereocenters. The lowest BCUT2D eigenvalue weighted by Crippen LogP contribution is -2.28. The summed E-state index contributed by atoms with van der Waals surface area (Å²) in [7, 11) is 0. The van der Waals surface area contributed by atoms with Gasteiger partial charge in [-0.05, 0) is 29.0 Å². The van der Waals surface area contributed by atoms with Crippen LogP contribution in [0.25, 0.3) is 10.1 Å². The molecule has 2 heterocycles. The van der Waals surface area contributed by atoms with Crippen LogP contribution in [-0.4, -0.2) is 22.5 Å². The quantitative estimate of drug-likeness (QED) is 0.739. The number of aliphatic hydroxyl groups is 1. The molecule has 25 heavy (non-hydrogen) atoms. The van der Waals surface area contributed by atoms with Crippen molar-refractivity contribution in [1.29, 1.82) is 0 Å². The van der Waals surface area contributed by atoms with Crippen molar-refractivity contribution in [3.63, 3.8) is 0 Å². The molecular formula is C17H13F3N2O2S. The van der Waals surface area contributed by atoms with Crippen LogP contribution in [0.4, 0.5) is 13.2 Å². The third-order valence-corrected chi connectivity index (χ3v) is 4.62. The van der Waals surface area contributed by atoms with Gasteiger partial charge in [0.1, 0.15) is 5.69 Å². The van der Waals surface area contributed by atoms with E-state index in [2.05, 4.69) is 10.3 Å². The molecule has 0 aliphatic heterocycles. The highest BCUT2D eigenvalue weighted by atomic mass is 32.1. The van der Waals surface area contributed by atoms with Crippen molar-refractivity contribution in [1.82, 2.24) is 10.3 Å². The number of amides is 1. The molecule has 130 valence electrons. The molecule has 0 fully saturated rings. The van der Waals surface area contributed by atoms with Crippen LogP contribution in [0.5, 0.6) is 0 Å². The van der Waals surface area contributed by atoms with Gasteiger partial charge in [-0.3, -0.25) is 9.78 Å². The van der Waals surface area contributed by atoms with E-state index in [1.807, 2.05) is 29.6 Å². The number of hydrogen-bond acceptors (Lipinski definition) is 4. The van der Waals surface area contributed by atoms with Gasteiger partial charge in [-0.1, -0.05) is 18.2 Å². The van der Waals surface area contributed by atoms with Crippen LogP contribution in [-0.2, 0) is 6.18 Å². The molecule has 1 aromatic carbocycles. The third kappa shape index (κ3) is 3.80. The van der Waals surface area contributed by atoms with E-state index in [0.717, 1.165) is 28.4 Å². The number of fused-ring (bicyclic) bond motifs is 1. The summed E-state index contributed by atoms with van der Waals surface area (Å²) < 4.78 is 38.4. The number of halogens is 3. The maximum Gasteiger partial charge on any atom is 0.433 e. The number of aromatic nitrogens is 1. The van der Waals surface area contributed by atoms with Gasteiger partial charge in [-0.2, -0.15) is 13.2 Å². The summed E-state index contributed by atoms with van der Waals surface area (Å²) in [5.41, 5.74) is -0.365. The number of thiophene rings is 1. The Morgan fingerprint density at radius 2 is 2.00 bits per heavy atom. The second-order valence-electron chi connectivity index (χ2n) is 5.34. The fourth-order valence-corrected chi connectivity index (χ4v) is 3.36. The van der Waals surface area contributed by atoms with Crippen molar-refractivity contribution in [2.45, 2.75) is 12.3 Å². The molecule has 0 bridgehead atoms. The van der Waals surface area contributed by atoms with Gasteiger partial charge in [-0.15, -0.1) is 11.3 Å². The number of aliphatic hydroxyl groups excluding tert-OH is 1. The molecule has 8 heteroatoms. The molecule has 0 saturated carbocycles. The lowest BCUT2D eigenvalue weighted by atomic mass is 10.1. The highest BCUT2D eigenvalue weighted by Gasteiger charge is 2.32. The molecule has 3 rings (SSSR count). The Labute approximate surface area is 144 Å². The Bertz CT molecular complexity index is 891. The zero-order valence-corrected chi connectivity index (χ0v) is 13.6. The molecule has 2 aromatic heterocycles. The summed E-state index contributed by atoms with van der Waals surface area (Å²) in [6.07, 6.45) is -4.60. The number of nitrogens with one attached hydrogen (secondary N) is 1. The average Bonchev–Trinajstić information content (AvgIpc) is 3.03. The topological polar surface area (TPSA) is 62.2 Å². The maximum absolute atomic E-state index is 12.5. The smallest absolute Gasteiger partial charge is 0.387 e. The first-order valence-corrected chi connectivity index (χ1v) is 8.20. The number of carbonyl (C=O) groups excluding carboxylic acids is 1. The van der Waals surface area contributed by atoms with E-state index in [-0.39, 0.29) is 12.1 Å². The standard InChI is InChI=1S/C17H13F3N2O2S/c18-17(19,20)15-6-5-10(7-21-15)16(24)22-8-13(23)12-9-25-14-4-2-1-3-11(12)14/h1-7,9,13,23H,8H2,(H,22,24)/t13-/m1/s1. The molecule has 0 aliphatic rings. The molecule has 4 nitrogen and oxygen atoms in total. The van der Waals surface area contributed by atoms with Gasteiger partial charge in [0.25, 0.3) is 5.91 Å². The largest absolute Gasteiger partial charge is 0.433 e. The van der Waals surface area contributed by atoms with Crippen LogP contribution in [0.15, 0.2) is 48.0 Å². The molecule has 0 spiro atoms. The Balaban J connectivity index is 1.65. The van der Waals surface area contributed by atoms with Crippen molar-refractivity contribution in [3.05, 3.63) is 64.8 Å². The zero-order chi connectivity index (χ0) is 18.0. The Kier molecular flexibility index (Phi) is 4.73. The molecular weight excluding hydrogens is 353 g/mol. The van der Waals surface area contributed by atoms with Gasteiger partial charge < -0.3 is 10.4 Å². The summed E-state index contributed by atoms with van der Waals surface area (Å²) in [6.45, 7) is -0.0550. The number of nitrogens with zero attached hydrogens (tertiary/aromatic N) is 1. The third-order valence-electron chi connectivity index (χ3n) is 3.64. The molecule has 1 atom stereocenters. The predicted molar refractivity (Wildman–Crippen MR) is 88.4 cm³/mol. The van der Waals surface area contributed by atoms with Crippen LogP contribution in [0.2, 0.25) is 0 Å². The van der Waals surface area contributed by atoms with Crippen molar-refractivity contribution in [2.75, 3.05) is 6.54 Å². The van der Waals surface area contributed by atoms with Crippen LogP contribution in [0, 0.1) is 0 Å². The van der Waals surface area contributed by atoms with Crippen LogP contribution < -0.4 is 5.32 Å². The molecule has 3 aromatic rings. The number of pyridine rings is 1. The molecule has 2 N–H and O–H groups in total. The summed E-state index contributed by atoms with van der Waals surface area (Å²) >= 11 is 1.49. The van der Waals surface area contributed by atoms with E-state index in [4.69, 9.17) is 0 Å². The van der Waals surface area contributed by atoms with Crippen molar-refractivity contribution in [2.24, 2.45) is 0 Å². The lowest BCUT2D eigenvalue weighted by Gasteiger charge is -2.12. The number of rotatable bonds is 4. The lowest BCUT2D eigenvalue weighted by molar-refractivity contribution is -0.141. The van der Waals surface area contributed by atoms with E-state index in [1.54, 1.807) is 0 Å². The van der Waals surface area contributed by atoms with Gasteiger partial charge in [-0.25, -0.2) is 0 Å². The van der Waals surface area contributed by atoms with Gasteiger partial charge in [0.15, 0.2) is 0 Å². The van der Waals surface area contributed by atoms with Crippen LogP contribution in [0.3, 0.4) is 0 Å². The molecule has 0 saturated heterocycles. The van der Waals surface area contributed by atoms with E-state index < -0.39 is 23.9 Å². The van der Waals surface area contributed by atoms with Crippen LogP contribution >= 0.6 is 11.3 Å². The van der Waals surface area contributed by atoms with E-state index in [1.165, 1.54) is 11.3 Å². The number of carbonyl (C=O) groups is 1. The average molecular weight is 366 g/mol. The Morgan fingerprint density at radius 3 is 2.68 bits per heavy atom. The Morgan fingerprint density at radius 1 is 1.24 bits per heavy atom. The first-order chi connectivity index (χ1) is 11.9. The minimum atomic E-state index is -4.55. The molecule has 1 amide bonds. The highest BCUT2D eigenvalue weighted by molar-refractivity contribution is 7.17. The van der Waals surface area contributed by atoms with Gasteiger partial charge >= 0.3 is 6.18 Å². The number of alkyl halides is 3. The maximum atomic E-state index is 12.5. The monoisotopic (exact) mass is 366 g/mol. The van der Waals surface area contributed by atoms with E-state index in [0.29, 0.717) is 5.56 Å². The SMILES string of the molecule is O=C(NC[C@@H](O)c1csc2ccccc12)c1ccc(C(F)(F)F)nc1. The summed E-state index contributed by atoms with van der Waals surface area (Å²) in [5.74, 6) is -0.597. The van der Waals surface area contributed by atoms with Crippen molar-refractivity contribution >= 4 is 27.3 Å². The van der Waals surface area contributed by atoms with Crippen molar-refractivity contribution < 1.29 is 23.1 Å². The van der Waals surface area contributed by atoms with E-state index >= 15 is 0 Å². The van der Waals surface area contributed by atoms with E-state index in [9.17, 15) is 23.1 Å². The second-order valence-corrected chi connectivity index (χ2v) is 6.25. The fraction of sp³-hybridized carbons (Fsp3) is 0.176. The summed E-state index contributed by atoms with van der Waals surface area (Å²) in [5, 5.41) is 15.5. The molecule has 0 radical (unpaired) electrons. The number of hydrogen-bond donors (Lipinski definition) is 2. The number of benzene rings is 1. The predicted octanol–water partition coefficient (Wildman–Crippen LogP) is 3.78. The minimum absolute atomic E-state index is 0.00428. The second kappa shape index (κ2) is 6.81. The minimum Gasteiger partial charge on any atom is -0.387 e. The molecule has 0 aliphatic carbocycles. The van der Waals surface area contributed by atoms with Gasteiger partial charge in [0.2, 0.25) is 0 Å². The van der Waals surface area contributed by atoms with Gasteiger partial charge in [0, 0.05) is 23.0 Å². The summed E-state index contributed by atoms with van der Waals surface area (Å²) in [6, 6.07) is 9.37. The zero-order valence-electron chi connectivity index (χ0n) is 12.7.